The number of amidine groups is 2. The highest BCUT2D eigenvalue weighted by molar-refractivity contribution is 8.27. The third kappa shape index (κ3) is 4.17. The lowest BCUT2D eigenvalue weighted by molar-refractivity contribution is -0.114. The Balaban J connectivity index is 1.47. The molecule has 0 saturated carbocycles. The molecule has 2 aromatic carbocycles. The van der Waals surface area contributed by atoms with Gasteiger partial charge in [-0.1, -0.05) is 56.3 Å². The van der Waals surface area contributed by atoms with Crippen LogP contribution >= 0.6 is 11.8 Å². The summed E-state index contributed by atoms with van der Waals surface area (Å²) in [5, 5.41) is 15.9. The average Bonchev–Trinajstić information content (AvgIpc) is 3.42. The molecule has 176 valence electrons. The number of hydrogen-bond acceptors (Lipinski definition) is 4. The van der Waals surface area contributed by atoms with Gasteiger partial charge in [-0.25, -0.2) is 0 Å². The summed E-state index contributed by atoms with van der Waals surface area (Å²) in [6.45, 7) is 8.52. The zero-order valence-electron chi connectivity index (χ0n) is 20.2. The molecule has 0 aliphatic carbocycles. The van der Waals surface area contributed by atoms with E-state index in [0.717, 1.165) is 39.7 Å². The number of aromatic nitrogens is 1. The van der Waals surface area contributed by atoms with Crippen molar-refractivity contribution >= 4 is 39.8 Å². The van der Waals surface area contributed by atoms with E-state index >= 15 is 0 Å². The van der Waals surface area contributed by atoms with Gasteiger partial charge in [-0.15, -0.1) is 0 Å². The predicted octanol–water partition coefficient (Wildman–Crippen LogP) is 6.28. The van der Waals surface area contributed by atoms with E-state index in [9.17, 15) is 4.79 Å². The maximum Gasteiger partial charge on any atom is 0.283 e. The maximum atomic E-state index is 12.9. The van der Waals surface area contributed by atoms with Gasteiger partial charge in [0.05, 0.1) is 5.57 Å². The first kappa shape index (κ1) is 23.1. The number of hydrazone groups is 1. The second kappa shape index (κ2) is 9.15. The Morgan fingerprint density at radius 1 is 1.09 bits per heavy atom. The number of aliphatic imine (C=N–C) groups is 1. The largest absolute Gasteiger partial charge is 0.318 e. The average molecular weight is 482 g/mol. The summed E-state index contributed by atoms with van der Waals surface area (Å²) in [7, 11) is 0. The predicted molar refractivity (Wildman–Crippen MR) is 145 cm³/mol. The molecule has 0 radical (unpaired) electrons. The molecule has 5 rings (SSSR count). The molecule has 1 amide bonds. The smallest absolute Gasteiger partial charge is 0.283 e. The number of fused-ring (bicyclic) bond motifs is 1. The van der Waals surface area contributed by atoms with Gasteiger partial charge in [0.2, 0.25) is 5.17 Å². The molecule has 6 nitrogen and oxygen atoms in total. The van der Waals surface area contributed by atoms with Crippen LogP contribution in [0.1, 0.15) is 54.3 Å². The van der Waals surface area contributed by atoms with Crippen molar-refractivity contribution in [1.82, 2.24) is 9.58 Å². The lowest BCUT2D eigenvalue weighted by atomic mass is 9.98. The van der Waals surface area contributed by atoms with Crippen molar-refractivity contribution < 1.29 is 4.79 Å². The number of amides is 1. The van der Waals surface area contributed by atoms with Gasteiger partial charge in [-0.2, -0.15) is 15.1 Å². The van der Waals surface area contributed by atoms with Crippen LogP contribution in [0.4, 0.5) is 0 Å². The Morgan fingerprint density at radius 2 is 1.80 bits per heavy atom. The second-order valence-corrected chi connectivity index (χ2v) is 9.81. The van der Waals surface area contributed by atoms with Gasteiger partial charge in [0.25, 0.3) is 5.91 Å². The molecule has 2 aliphatic heterocycles. The van der Waals surface area contributed by atoms with Crippen molar-refractivity contribution in [2.24, 2.45) is 10.1 Å². The standard InChI is InChI=1S/C28H27N5OS/c1-5-17(2)20-11-13-23(14-12-20)32-18(3)15-22(19(32)4)16-24-25(29)33-28(30-26(24)34)35-27(31-33)21-9-7-6-8-10-21/h6-17,29H,5H2,1-4H3/b24-16-,29-25?/t17-/m0/s1. The van der Waals surface area contributed by atoms with E-state index in [4.69, 9.17) is 5.41 Å². The van der Waals surface area contributed by atoms with Crippen LogP contribution in [0.2, 0.25) is 0 Å². The molecule has 0 bridgehead atoms. The monoisotopic (exact) mass is 481 g/mol. The summed E-state index contributed by atoms with van der Waals surface area (Å²) in [5.41, 5.74) is 6.53. The minimum absolute atomic E-state index is 0.0427. The second-order valence-electron chi connectivity index (χ2n) is 8.85. The minimum atomic E-state index is -0.416. The Hall–Kier alpha value is -3.71. The van der Waals surface area contributed by atoms with Crippen molar-refractivity contribution in [2.75, 3.05) is 0 Å². The van der Waals surface area contributed by atoms with Gasteiger partial charge in [-0.3, -0.25) is 10.2 Å². The van der Waals surface area contributed by atoms with Gasteiger partial charge < -0.3 is 4.57 Å². The van der Waals surface area contributed by atoms with E-state index in [1.807, 2.05) is 43.3 Å². The number of nitrogens with zero attached hydrogens (tertiary/aromatic N) is 4. The normalized spacial score (nSPS) is 17.5. The van der Waals surface area contributed by atoms with Crippen LogP contribution in [0.5, 0.6) is 0 Å². The molecule has 7 heteroatoms. The fourth-order valence-corrected chi connectivity index (χ4v) is 5.26. The Kier molecular flexibility index (Phi) is 6.03. The van der Waals surface area contributed by atoms with Crippen LogP contribution in [-0.4, -0.2) is 31.5 Å². The minimum Gasteiger partial charge on any atom is -0.318 e. The van der Waals surface area contributed by atoms with Crippen LogP contribution in [0.3, 0.4) is 0 Å². The first-order valence-electron chi connectivity index (χ1n) is 11.7. The summed E-state index contributed by atoms with van der Waals surface area (Å²) in [6, 6.07) is 20.4. The fourth-order valence-electron chi connectivity index (χ4n) is 4.36. The van der Waals surface area contributed by atoms with Crippen molar-refractivity contribution in [3.63, 3.8) is 0 Å². The molecule has 2 aliphatic rings. The summed E-state index contributed by atoms with van der Waals surface area (Å²) < 4.78 is 2.18. The van der Waals surface area contributed by atoms with Gasteiger partial charge in [0, 0.05) is 22.6 Å². The van der Waals surface area contributed by atoms with E-state index in [0.29, 0.717) is 11.1 Å². The lowest BCUT2D eigenvalue weighted by Crippen LogP contribution is -2.35. The molecule has 0 unspecified atom stereocenters. The summed E-state index contributed by atoms with van der Waals surface area (Å²) in [5.74, 6) is 0.154. The highest BCUT2D eigenvalue weighted by Gasteiger charge is 2.36. The number of thioether (sulfide) groups is 1. The van der Waals surface area contributed by atoms with E-state index in [-0.39, 0.29) is 11.4 Å². The molecule has 35 heavy (non-hydrogen) atoms. The third-order valence-electron chi connectivity index (χ3n) is 6.58. The molecule has 1 aromatic heterocycles. The summed E-state index contributed by atoms with van der Waals surface area (Å²) in [4.78, 5) is 17.1. The number of aryl methyl sites for hydroxylation is 1. The zero-order chi connectivity index (χ0) is 24.7. The van der Waals surface area contributed by atoms with Crippen molar-refractivity contribution in [1.29, 1.82) is 5.41 Å². The van der Waals surface area contributed by atoms with Gasteiger partial charge in [-0.05, 0) is 73.4 Å². The van der Waals surface area contributed by atoms with Gasteiger partial charge >= 0.3 is 0 Å². The van der Waals surface area contributed by atoms with E-state index in [1.165, 1.54) is 22.3 Å². The molecule has 0 spiro atoms. The molecule has 1 N–H and O–H groups in total. The molecular formula is C28H27N5OS. The van der Waals surface area contributed by atoms with Gasteiger partial charge in [0.15, 0.2) is 5.84 Å². The van der Waals surface area contributed by atoms with Crippen LogP contribution in [0.15, 0.2) is 76.3 Å². The topological polar surface area (TPSA) is 73.8 Å². The van der Waals surface area contributed by atoms with E-state index in [2.05, 4.69) is 59.7 Å². The molecule has 0 saturated heterocycles. The van der Waals surface area contributed by atoms with E-state index in [1.54, 1.807) is 6.08 Å². The molecule has 1 atom stereocenters. The Bertz CT molecular complexity index is 1410. The SMILES string of the molecule is CC[C@H](C)c1ccc(-n2c(C)cc(/C=C3/C(=N)N4N=C(c5ccccc5)SC4=NC3=O)c2C)cc1. The number of nitrogens with one attached hydrogen (secondary N) is 1. The maximum absolute atomic E-state index is 12.9. The number of carbonyl (C=O) groups excluding carboxylic acids is 1. The molecule has 3 aromatic rings. The quantitative estimate of drug-likeness (QED) is 0.436. The fraction of sp³-hybridized carbons (Fsp3) is 0.214. The van der Waals surface area contributed by atoms with E-state index < -0.39 is 5.91 Å². The Morgan fingerprint density at radius 3 is 2.49 bits per heavy atom. The van der Waals surface area contributed by atoms with Crippen LogP contribution < -0.4 is 0 Å². The number of carbonyl (C=O) groups is 1. The number of rotatable bonds is 5. The lowest BCUT2D eigenvalue weighted by Gasteiger charge is -2.20. The molecular weight excluding hydrogens is 454 g/mol. The number of hydrogen-bond donors (Lipinski definition) is 1. The highest BCUT2D eigenvalue weighted by atomic mass is 32.2. The number of benzene rings is 2. The molecule has 3 heterocycles. The van der Waals surface area contributed by atoms with Crippen molar-refractivity contribution in [3.8, 4) is 5.69 Å². The van der Waals surface area contributed by atoms with Crippen LogP contribution in [0.25, 0.3) is 11.8 Å². The first-order chi connectivity index (χ1) is 16.9. The molecule has 0 fully saturated rings. The zero-order valence-corrected chi connectivity index (χ0v) is 21.1. The van der Waals surface area contributed by atoms with Crippen molar-refractivity contribution in [2.45, 2.75) is 40.0 Å². The highest BCUT2D eigenvalue weighted by Crippen LogP contribution is 2.32. The Labute approximate surface area is 209 Å². The van der Waals surface area contributed by atoms with Crippen LogP contribution in [0, 0.1) is 19.3 Å². The van der Waals surface area contributed by atoms with Gasteiger partial charge in [0.1, 0.15) is 5.04 Å². The first-order valence-corrected chi connectivity index (χ1v) is 12.5. The summed E-state index contributed by atoms with van der Waals surface area (Å²) in [6.07, 6.45) is 2.87. The third-order valence-corrected chi connectivity index (χ3v) is 7.54. The summed E-state index contributed by atoms with van der Waals surface area (Å²) >= 11 is 1.31. The van der Waals surface area contributed by atoms with Crippen LogP contribution in [-0.2, 0) is 4.79 Å². The van der Waals surface area contributed by atoms with Crippen molar-refractivity contribution in [3.05, 3.63) is 94.3 Å².